The molecule has 1 aliphatic rings. The average Bonchev–Trinajstić information content (AvgIpc) is 3.24. The lowest BCUT2D eigenvalue weighted by molar-refractivity contribution is 0.0768. The average molecular weight is 322 g/mol. The van der Waals surface area contributed by atoms with E-state index in [1.165, 1.54) is 5.56 Å². The quantitative estimate of drug-likeness (QED) is 0.770. The number of hydrogen-bond acceptors (Lipinski definition) is 6. The predicted octanol–water partition coefficient (Wildman–Crippen LogP) is 2.60. The van der Waals surface area contributed by atoms with E-state index in [1.807, 2.05) is 24.3 Å². The van der Waals surface area contributed by atoms with Crippen molar-refractivity contribution in [2.75, 3.05) is 17.2 Å². The first-order valence-corrected chi connectivity index (χ1v) is 7.81. The maximum atomic E-state index is 10.9. The summed E-state index contributed by atoms with van der Waals surface area (Å²) in [5, 5.41) is 10.9. The minimum atomic E-state index is -1.20. The molecule has 24 heavy (non-hydrogen) atoms. The number of aliphatic hydroxyl groups is 1. The van der Waals surface area contributed by atoms with Crippen LogP contribution in [-0.4, -0.2) is 21.6 Å². The van der Waals surface area contributed by atoms with Gasteiger partial charge in [-0.05, 0) is 48.7 Å². The van der Waals surface area contributed by atoms with Gasteiger partial charge in [0.25, 0.3) is 0 Å². The molecule has 3 N–H and O–H groups in total. The largest absolute Gasteiger partial charge is 0.466 e. The Bertz CT molecular complexity index is 874. The van der Waals surface area contributed by atoms with E-state index in [-0.39, 0.29) is 5.95 Å². The number of aromatic nitrogens is 2. The number of fused-ring (bicyclic) bond motifs is 1. The lowest BCUT2D eigenvalue weighted by atomic mass is 9.92. The van der Waals surface area contributed by atoms with Gasteiger partial charge in [-0.15, -0.1) is 0 Å². The molecule has 6 heteroatoms. The van der Waals surface area contributed by atoms with Gasteiger partial charge in [0.1, 0.15) is 17.2 Å². The van der Waals surface area contributed by atoms with Gasteiger partial charge in [0.2, 0.25) is 5.95 Å². The molecule has 1 atom stereocenters. The Labute approximate surface area is 139 Å². The summed E-state index contributed by atoms with van der Waals surface area (Å²) in [5.41, 5.74) is 7.52. The number of benzene rings is 1. The number of anilines is 3. The van der Waals surface area contributed by atoms with E-state index in [4.69, 9.17) is 10.2 Å². The molecule has 6 nitrogen and oxygen atoms in total. The van der Waals surface area contributed by atoms with Crippen LogP contribution in [0.2, 0.25) is 0 Å². The normalized spacial score (nSPS) is 16.0. The molecule has 0 aliphatic carbocycles. The van der Waals surface area contributed by atoms with Crippen LogP contribution in [0.3, 0.4) is 0 Å². The Morgan fingerprint density at radius 1 is 1.29 bits per heavy atom. The third-order valence-corrected chi connectivity index (χ3v) is 4.48. The van der Waals surface area contributed by atoms with Gasteiger partial charge >= 0.3 is 0 Å². The smallest absolute Gasteiger partial charge is 0.221 e. The van der Waals surface area contributed by atoms with Crippen LogP contribution in [0.4, 0.5) is 17.5 Å². The summed E-state index contributed by atoms with van der Waals surface area (Å²) in [7, 11) is 0. The summed E-state index contributed by atoms with van der Waals surface area (Å²) >= 11 is 0. The minimum absolute atomic E-state index is 0.250. The summed E-state index contributed by atoms with van der Waals surface area (Å²) < 4.78 is 5.40. The molecule has 1 aliphatic heterocycles. The van der Waals surface area contributed by atoms with Crippen molar-refractivity contribution in [3.8, 4) is 0 Å². The second kappa shape index (κ2) is 5.35. The third-order valence-electron chi connectivity index (χ3n) is 4.48. The van der Waals surface area contributed by atoms with Crippen LogP contribution in [-0.2, 0) is 12.0 Å². The van der Waals surface area contributed by atoms with Gasteiger partial charge in [0.05, 0.1) is 6.26 Å². The summed E-state index contributed by atoms with van der Waals surface area (Å²) in [6.07, 6.45) is 4.13. The highest BCUT2D eigenvalue weighted by molar-refractivity contribution is 5.69. The van der Waals surface area contributed by atoms with Crippen molar-refractivity contribution in [2.24, 2.45) is 0 Å². The van der Waals surface area contributed by atoms with E-state index < -0.39 is 5.60 Å². The fraction of sp³-hybridized carbons (Fsp3) is 0.222. The fourth-order valence-corrected chi connectivity index (χ4v) is 3.13. The standard InChI is InChI=1S/C18H18N4O2/c1-18(23,15-3-2-10-24-15)13-5-4-12-7-9-22(14(12)11-13)16-6-8-20-17(19)21-16/h2-6,8,10-11,23H,7,9H2,1H3,(H2,19,20,21). The molecular formula is C18H18N4O2. The van der Waals surface area contributed by atoms with Crippen molar-refractivity contribution in [1.29, 1.82) is 0 Å². The summed E-state index contributed by atoms with van der Waals surface area (Å²) in [6, 6.07) is 11.4. The zero-order valence-electron chi connectivity index (χ0n) is 13.3. The van der Waals surface area contributed by atoms with Crippen molar-refractivity contribution in [1.82, 2.24) is 9.97 Å². The van der Waals surface area contributed by atoms with Gasteiger partial charge in [0.15, 0.2) is 0 Å². The predicted molar refractivity (Wildman–Crippen MR) is 91.0 cm³/mol. The lowest BCUT2D eigenvalue weighted by Crippen LogP contribution is -2.22. The van der Waals surface area contributed by atoms with Crippen LogP contribution >= 0.6 is 0 Å². The number of nitrogens with two attached hydrogens (primary N) is 1. The van der Waals surface area contributed by atoms with E-state index in [1.54, 1.807) is 31.5 Å². The molecule has 122 valence electrons. The van der Waals surface area contributed by atoms with Gasteiger partial charge in [-0.3, -0.25) is 0 Å². The number of rotatable bonds is 3. The highest BCUT2D eigenvalue weighted by atomic mass is 16.4. The highest BCUT2D eigenvalue weighted by Gasteiger charge is 2.31. The molecule has 4 rings (SSSR count). The van der Waals surface area contributed by atoms with E-state index in [0.29, 0.717) is 5.76 Å². The topological polar surface area (TPSA) is 88.4 Å². The zero-order chi connectivity index (χ0) is 16.7. The van der Waals surface area contributed by atoms with Crippen LogP contribution in [0.1, 0.15) is 23.8 Å². The SMILES string of the molecule is CC(O)(c1ccc2c(c1)N(c1ccnc(N)n1)CC2)c1ccco1. The first-order valence-electron chi connectivity index (χ1n) is 7.81. The molecule has 3 aromatic rings. The monoisotopic (exact) mass is 322 g/mol. The molecular weight excluding hydrogens is 304 g/mol. The van der Waals surface area contributed by atoms with Crippen LogP contribution in [0.5, 0.6) is 0 Å². The summed E-state index contributed by atoms with van der Waals surface area (Å²) in [4.78, 5) is 10.3. The van der Waals surface area contributed by atoms with Crippen molar-refractivity contribution >= 4 is 17.5 Å². The fourth-order valence-electron chi connectivity index (χ4n) is 3.13. The van der Waals surface area contributed by atoms with Crippen molar-refractivity contribution < 1.29 is 9.52 Å². The van der Waals surface area contributed by atoms with E-state index in [0.717, 1.165) is 30.0 Å². The molecule has 3 heterocycles. The molecule has 0 spiro atoms. The van der Waals surface area contributed by atoms with E-state index >= 15 is 0 Å². The summed E-state index contributed by atoms with van der Waals surface area (Å²) in [5.74, 6) is 1.52. The molecule has 2 aromatic heterocycles. The third kappa shape index (κ3) is 2.32. The molecule has 0 fully saturated rings. The molecule has 0 amide bonds. The number of nitrogen functional groups attached to an aromatic ring is 1. The molecule has 1 aromatic carbocycles. The second-order valence-electron chi connectivity index (χ2n) is 6.07. The molecule has 0 radical (unpaired) electrons. The van der Waals surface area contributed by atoms with Crippen LogP contribution in [0.15, 0.2) is 53.3 Å². The molecule has 1 unspecified atom stereocenters. The Hall–Kier alpha value is -2.86. The van der Waals surface area contributed by atoms with Crippen molar-refractivity contribution in [2.45, 2.75) is 18.9 Å². The first-order chi connectivity index (χ1) is 11.6. The van der Waals surface area contributed by atoms with Gasteiger partial charge in [-0.1, -0.05) is 12.1 Å². The molecule has 0 bridgehead atoms. The zero-order valence-corrected chi connectivity index (χ0v) is 13.3. The maximum absolute atomic E-state index is 10.9. The number of nitrogens with zero attached hydrogens (tertiary/aromatic N) is 3. The van der Waals surface area contributed by atoms with Gasteiger partial charge in [0, 0.05) is 18.4 Å². The maximum Gasteiger partial charge on any atom is 0.221 e. The van der Waals surface area contributed by atoms with Gasteiger partial charge < -0.3 is 20.2 Å². The molecule has 0 saturated heterocycles. The van der Waals surface area contributed by atoms with Crippen LogP contribution in [0.25, 0.3) is 0 Å². The highest BCUT2D eigenvalue weighted by Crippen LogP contribution is 2.38. The number of hydrogen-bond donors (Lipinski definition) is 2. The van der Waals surface area contributed by atoms with Crippen molar-refractivity contribution in [3.63, 3.8) is 0 Å². The lowest BCUT2D eigenvalue weighted by Gasteiger charge is -2.24. The Morgan fingerprint density at radius 3 is 2.92 bits per heavy atom. The van der Waals surface area contributed by atoms with Gasteiger partial charge in [-0.25, -0.2) is 4.98 Å². The minimum Gasteiger partial charge on any atom is -0.466 e. The molecule has 0 saturated carbocycles. The Morgan fingerprint density at radius 2 is 2.17 bits per heavy atom. The second-order valence-corrected chi connectivity index (χ2v) is 6.07. The first kappa shape index (κ1) is 14.7. The van der Waals surface area contributed by atoms with Crippen LogP contribution in [0, 0.1) is 0 Å². The van der Waals surface area contributed by atoms with Gasteiger partial charge in [-0.2, -0.15) is 4.98 Å². The van der Waals surface area contributed by atoms with E-state index in [2.05, 4.69) is 14.9 Å². The summed E-state index contributed by atoms with van der Waals surface area (Å²) in [6.45, 7) is 2.55. The Balaban J connectivity index is 1.76. The van der Waals surface area contributed by atoms with E-state index in [9.17, 15) is 5.11 Å². The Kier molecular flexibility index (Phi) is 3.28. The van der Waals surface area contributed by atoms with Crippen molar-refractivity contribution in [3.05, 3.63) is 65.7 Å². The number of furan rings is 1. The van der Waals surface area contributed by atoms with Crippen LogP contribution < -0.4 is 10.6 Å².